The molecule has 6 nitrogen and oxygen atoms in total. The van der Waals surface area contributed by atoms with E-state index in [9.17, 15) is 9.90 Å². The zero-order chi connectivity index (χ0) is 16.8. The first-order chi connectivity index (χ1) is 10.2. The van der Waals surface area contributed by atoms with Crippen LogP contribution in [0.15, 0.2) is 12.1 Å². The van der Waals surface area contributed by atoms with Crippen molar-refractivity contribution in [1.82, 2.24) is 15.6 Å². The second-order valence-corrected chi connectivity index (χ2v) is 6.29. The van der Waals surface area contributed by atoms with Gasteiger partial charge in [-0.15, -0.1) is 0 Å². The number of aromatic nitrogens is 1. The van der Waals surface area contributed by atoms with Crippen molar-refractivity contribution in [2.75, 3.05) is 6.54 Å². The lowest BCUT2D eigenvalue weighted by Crippen LogP contribution is -2.42. The third kappa shape index (κ3) is 6.76. The molecule has 0 aliphatic carbocycles. The van der Waals surface area contributed by atoms with E-state index in [2.05, 4.69) is 15.6 Å². The molecule has 1 atom stereocenters. The number of carbonyl (C=O) groups excluding carboxylic acids is 1. The SMILES string of the molecule is CCC(CNC(=O)OC(C)(C)C)NCc1nc(C)ccc1O. The monoisotopic (exact) mass is 309 g/mol. The van der Waals surface area contributed by atoms with Gasteiger partial charge >= 0.3 is 6.09 Å². The molecule has 6 heteroatoms. The second-order valence-electron chi connectivity index (χ2n) is 6.29. The first-order valence-corrected chi connectivity index (χ1v) is 7.57. The largest absolute Gasteiger partial charge is 0.506 e. The van der Waals surface area contributed by atoms with Crippen LogP contribution >= 0.6 is 0 Å². The van der Waals surface area contributed by atoms with Crippen LogP contribution < -0.4 is 10.6 Å². The average molecular weight is 309 g/mol. The minimum Gasteiger partial charge on any atom is -0.506 e. The maximum atomic E-state index is 11.6. The lowest BCUT2D eigenvalue weighted by Gasteiger charge is -2.22. The van der Waals surface area contributed by atoms with Gasteiger partial charge in [0.2, 0.25) is 0 Å². The van der Waals surface area contributed by atoms with Crippen LogP contribution in [0.1, 0.15) is 45.5 Å². The zero-order valence-electron chi connectivity index (χ0n) is 14.1. The number of hydrogen-bond acceptors (Lipinski definition) is 5. The minimum absolute atomic E-state index is 0.0780. The lowest BCUT2D eigenvalue weighted by atomic mass is 10.2. The number of aromatic hydroxyl groups is 1. The van der Waals surface area contributed by atoms with Gasteiger partial charge in [0.05, 0.1) is 5.69 Å². The Kier molecular flexibility index (Phi) is 6.61. The lowest BCUT2D eigenvalue weighted by molar-refractivity contribution is 0.0522. The number of amides is 1. The molecule has 0 aliphatic heterocycles. The number of nitrogens with one attached hydrogen (secondary N) is 2. The molecule has 22 heavy (non-hydrogen) atoms. The van der Waals surface area contributed by atoms with Gasteiger partial charge in [0.25, 0.3) is 0 Å². The highest BCUT2D eigenvalue weighted by Gasteiger charge is 2.17. The van der Waals surface area contributed by atoms with E-state index in [0.717, 1.165) is 12.1 Å². The van der Waals surface area contributed by atoms with Gasteiger partial charge in [-0.2, -0.15) is 0 Å². The summed E-state index contributed by atoms with van der Waals surface area (Å²) in [5.41, 5.74) is 0.960. The molecule has 1 aromatic rings. The average Bonchev–Trinajstić information content (AvgIpc) is 2.40. The van der Waals surface area contributed by atoms with E-state index < -0.39 is 11.7 Å². The summed E-state index contributed by atoms with van der Waals surface area (Å²) in [5.74, 6) is 0.174. The summed E-state index contributed by atoms with van der Waals surface area (Å²) in [6.45, 7) is 10.3. The van der Waals surface area contributed by atoms with E-state index in [0.29, 0.717) is 18.8 Å². The molecule has 3 N–H and O–H groups in total. The molecule has 0 aromatic carbocycles. The number of ether oxygens (including phenoxy) is 1. The summed E-state index contributed by atoms with van der Waals surface area (Å²) in [6, 6.07) is 3.48. The maximum Gasteiger partial charge on any atom is 0.407 e. The summed E-state index contributed by atoms with van der Waals surface area (Å²) in [6.07, 6.45) is 0.409. The van der Waals surface area contributed by atoms with Gasteiger partial charge in [-0.1, -0.05) is 6.92 Å². The van der Waals surface area contributed by atoms with Crippen molar-refractivity contribution in [2.24, 2.45) is 0 Å². The van der Waals surface area contributed by atoms with Gasteiger partial charge in [-0.3, -0.25) is 4.98 Å². The van der Waals surface area contributed by atoms with Crippen molar-refractivity contribution >= 4 is 6.09 Å². The van der Waals surface area contributed by atoms with E-state index in [1.807, 2.05) is 34.6 Å². The van der Waals surface area contributed by atoms with Crippen molar-refractivity contribution in [1.29, 1.82) is 0 Å². The number of carbonyl (C=O) groups is 1. The van der Waals surface area contributed by atoms with Crippen molar-refractivity contribution in [3.8, 4) is 5.75 Å². The Morgan fingerprint density at radius 2 is 2.09 bits per heavy atom. The van der Waals surface area contributed by atoms with Gasteiger partial charge in [0.1, 0.15) is 11.4 Å². The maximum absolute atomic E-state index is 11.6. The number of hydrogen-bond donors (Lipinski definition) is 3. The van der Waals surface area contributed by atoms with Crippen molar-refractivity contribution in [3.05, 3.63) is 23.5 Å². The standard InChI is InChI=1S/C16H27N3O3/c1-6-12(9-18-15(21)22-16(3,4)5)17-10-13-14(20)8-7-11(2)19-13/h7-8,12,17,20H,6,9-10H2,1-5H3,(H,18,21). The van der Waals surface area contributed by atoms with E-state index in [-0.39, 0.29) is 11.8 Å². The van der Waals surface area contributed by atoms with Gasteiger partial charge in [0.15, 0.2) is 0 Å². The molecule has 0 saturated carbocycles. The molecule has 0 fully saturated rings. The van der Waals surface area contributed by atoms with Crippen LogP contribution in [0.4, 0.5) is 4.79 Å². The van der Waals surface area contributed by atoms with Crippen LogP contribution in [0.5, 0.6) is 5.75 Å². The summed E-state index contributed by atoms with van der Waals surface area (Å²) in [5, 5.41) is 15.8. The Hall–Kier alpha value is -1.82. The summed E-state index contributed by atoms with van der Waals surface area (Å²) in [4.78, 5) is 15.9. The number of nitrogens with zero attached hydrogens (tertiary/aromatic N) is 1. The van der Waals surface area contributed by atoms with Crippen LogP contribution in [0.2, 0.25) is 0 Å². The Morgan fingerprint density at radius 3 is 2.68 bits per heavy atom. The Labute approximate surface area is 132 Å². The molecule has 0 aliphatic rings. The van der Waals surface area contributed by atoms with Crippen molar-refractivity contribution in [3.63, 3.8) is 0 Å². The topological polar surface area (TPSA) is 83.5 Å². The molecule has 0 saturated heterocycles. The van der Waals surface area contributed by atoms with Gasteiger partial charge in [-0.05, 0) is 46.2 Å². The van der Waals surface area contributed by atoms with Crippen LogP contribution in [-0.2, 0) is 11.3 Å². The quantitative estimate of drug-likeness (QED) is 0.752. The summed E-state index contributed by atoms with van der Waals surface area (Å²) in [7, 11) is 0. The van der Waals surface area contributed by atoms with Crippen LogP contribution in [-0.4, -0.2) is 34.4 Å². The number of rotatable bonds is 6. The van der Waals surface area contributed by atoms with Crippen LogP contribution in [0.25, 0.3) is 0 Å². The number of pyridine rings is 1. The second kappa shape index (κ2) is 7.98. The number of aryl methyl sites for hydroxylation is 1. The number of alkyl carbamates (subject to hydrolysis) is 1. The third-order valence-corrected chi connectivity index (χ3v) is 3.03. The first kappa shape index (κ1) is 18.2. The molecular weight excluding hydrogens is 282 g/mol. The highest BCUT2D eigenvalue weighted by molar-refractivity contribution is 5.67. The van der Waals surface area contributed by atoms with Crippen LogP contribution in [0.3, 0.4) is 0 Å². The molecule has 0 radical (unpaired) electrons. The normalized spacial score (nSPS) is 12.8. The van der Waals surface area contributed by atoms with E-state index in [1.165, 1.54) is 0 Å². The van der Waals surface area contributed by atoms with Gasteiger partial charge in [0, 0.05) is 24.8 Å². The minimum atomic E-state index is -0.503. The van der Waals surface area contributed by atoms with Crippen molar-refractivity contribution < 1.29 is 14.6 Å². The molecule has 1 unspecified atom stereocenters. The van der Waals surface area contributed by atoms with E-state index in [1.54, 1.807) is 12.1 Å². The van der Waals surface area contributed by atoms with Crippen molar-refractivity contribution in [2.45, 2.75) is 59.2 Å². The smallest absolute Gasteiger partial charge is 0.407 e. The molecule has 0 spiro atoms. The zero-order valence-corrected chi connectivity index (χ0v) is 14.1. The highest BCUT2D eigenvalue weighted by Crippen LogP contribution is 2.14. The Balaban J connectivity index is 2.45. The molecular formula is C16H27N3O3. The van der Waals surface area contributed by atoms with Crippen LogP contribution in [0, 0.1) is 6.92 Å². The predicted molar refractivity (Wildman–Crippen MR) is 85.8 cm³/mol. The molecule has 0 bridgehead atoms. The Bertz CT molecular complexity index is 498. The molecule has 1 heterocycles. The molecule has 1 amide bonds. The highest BCUT2D eigenvalue weighted by atomic mass is 16.6. The fourth-order valence-corrected chi connectivity index (χ4v) is 1.86. The molecule has 124 valence electrons. The first-order valence-electron chi connectivity index (χ1n) is 7.57. The van der Waals surface area contributed by atoms with E-state index in [4.69, 9.17) is 4.74 Å². The van der Waals surface area contributed by atoms with Gasteiger partial charge in [-0.25, -0.2) is 4.79 Å². The fraction of sp³-hybridized carbons (Fsp3) is 0.625. The summed E-state index contributed by atoms with van der Waals surface area (Å²) < 4.78 is 5.20. The van der Waals surface area contributed by atoms with E-state index >= 15 is 0 Å². The molecule has 1 aromatic heterocycles. The predicted octanol–water partition coefficient (Wildman–Crippen LogP) is 2.49. The summed E-state index contributed by atoms with van der Waals surface area (Å²) >= 11 is 0. The fourth-order valence-electron chi connectivity index (χ4n) is 1.86. The third-order valence-electron chi connectivity index (χ3n) is 3.03. The van der Waals surface area contributed by atoms with Gasteiger partial charge < -0.3 is 20.5 Å². The molecule has 1 rings (SSSR count). The Morgan fingerprint density at radius 1 is 1.41 bits per heavy atom.